The Morgan fingerprint density at radius 3 is 2.59 bits per heavy atom. The molecule has 0 spiro atoms. The van der Waals surface area contributed by atoms with Crippen LogP contribution in [0.3, 0.4) is 0 Å². The van der Waals surface area contributed by atoms with E-state index in [2.05, 4.69) is 35.9 Å². The van der Waals surface area contributed by atoms with Crippen LogP contribution >= 0.6 is 0 Å². The smallest absolute Gasteiger partial charge is 0.383 e. The molecule has 0 radical (unpaired) electrons. The summed E-state index contributed by atoms with van der Waals surface area (Å²) in [5.74, 6) is 1.16. The molecule has 0 aliphatic carbocycles. The highest BCUT2D eigenvalue weighted by Gasteiger charge is 2.33. The second kappa shape index (κ2) is 13.7. The lowest BCUT2D eigenvalue weighted by atomic mass is 10.0. The minimum Gasteiger partial charge on any atom is -0.383 e. The van der Waals surface area contributed by atoms with Gasteiger partial charge in [-0.1, -0.05) is 6.07 Å². The maximum atomic E-state index is 14.0. The largest absolute Gasteiger partial charge is 0.416 e. The molecule has 0 bridgehead atoms. The molecule has 1 saturated heterocycles. The molecule has 1 aliphatic rings. The fraction of sp³-hybridized carbons (Fsp3) is 0.375. The SMILES string of the molecule is CNc1cc(-n2nc(C)cc2Nc2cc(NC(=O)c3cc(N4CCN(CCOC)CC4C)cc(C(F)(F)F)c3)ccc2C)ncn1. The number of aryl methyl sites for hydroxylation is 2. The van der Waals surface area contributed by atoms with Crippen LogP contribution < -0.4 is 20.9 Å². The zero-order valence-corrected chi connectivity index (χ0v) is 26.4. The van der Waals surface area contributed by atoms with Gasteiger partial charge in [-0.2, -0.15) is 23.0 Å². The van der Waals surface area contributed by atoms with Crippen LogP contribution in [-0.2, 0) is 10.9 Å². The number of alkyl halides is 3. The average molecular weight is 638 g/mol. The molecule has 46 heavy (non-hydrogen) atoms. The molecule has 1 fully saturated rings. The van der Waals surface area contributed by atoms with Gasteiger partial charge < -0.3 is 25.6 Å². The maximum absolute atomic E-state index is 14.0. The molecule has 3 N–H and O–H groups in total. The van der Waals surface area contributed by atoms with Crippen molar-refractivity contribution in [3.05, 3.63) is 77.2 Å². The second-order valence-electron chi connectivity index (χ2n) is 11.3. The number of benzene rings is 2. The Labute approximate surface area is 265 Å². The summed E-state index contributed by atoms with van der Waals surface area (Å²) >= 11 is 0. The molecule has 14 heteroatoms. The fourth-order valence-corrected chi connectivity index (χ4v) is 5.45. The Morgan fingerprint density at radius 2 is 1.87 bits per heavy atom. The van der Waals surface area contributed by atoms with Gasteiger partial charge in [0.1, 0.15) is 18.0 Å². The van der Waals surface area contributed by atoms with Crippen LogP contribution in [0.2, 0.25) is 0 Å². The summed E-state index contributed by atoms with van der Waals surface area (Å²) in [7, 11) is 3.40. The minimum absolute atomic E-state index is 0.0556. The molecule has 2 aromatic carbocycles. The number of aromatic nitrogens is 4. The van der Waals surface area contributed by atoms with Gasteiger partial charge in [0.05, 0.1) is 17.9 Å². The van der Waals surface area contributed by atoms with Crippen molar-refractivity contribution in [3.8, 4) is 5.82 Å². The predicted molar refractivity (Wildman–Crippen MR) is 172 cm³/mol. The van der Waals surface area contributed by atoms with E-state index < -0.39 is 17.6 Å². The van der Waals surface area contributed by atoms with Crippen LogP contribution in [0.1, 0.15) is 34.1 Å². The first-order valence-corrected chi connectivity index (χ1v) is 14.9. The highest BCUT2D eigenvalue weighted by atomic mass is 19.4. The predicted octanol–water partition coefficient (Wildman–Crippen LogP) is 5.49. The Hall–Kier alpha value is -4.69. The lowest BCUT2D eigenvalue weighted by Crippen LogP contribution is -2.52. The number of hydrogen-bond donors (Lipinski definition) is 3. The van der Waals surface area contributed by atoms with Crippen LogP contribution in [0, 0.1) is 13.8 Å². The quantitative estimate of drug-likeness (QED) is 0.208. The lowest BCUT2D eigenvalue weighted by molar-refractivity contribution is -0.137. The number of methoxy groups -OCH3 is 1. The Morgan fingerprint density at radius 1 is 1.07 bits per heavy atom. The number of nitrogens with one attached hydrogen (secondary N) is 3. The zero-order valence-electron chi connectivity index (χ0n) is 26.4. The van der Waals surface area contributed by atoms with Crippen LogP contribution in [0.5, 0.6) is 0 Å². The molecule has 1 unspecified atom stereocenters. The first-order chi connectivity index (χ1) is 21.9. The molecule has 2 aromatic heterocycles. The standard InChI is InChI=1S/C32H38F3N9O2/c1-20-6-7-25(16-27(20)40-30-12-21(2)41-44(30)29-17-28(36-4)37-19-38-29)39-31(45)23-13-24(32(33,34)35)15-26(14-23)43-9-8-42(10-11-46-5)18-22(43)3/h6-7,12-17,19,22,40H,8-11,18H2,1-5H3,(H,39,45)(H,36,37,38). The van der Waals surface area contributed by atoms with Gasteiger partial charge in [-0.25, -0.2) is 9.97 Å². The Bertz CT molecular complexity index is 1690. The first-order valence-electron chi connectivity index (χ1n) is 14.9. The van der Waals surface area contributed by atoms with Crippen molar-refractivity contribution in [2.45, 2.75) is 33.0 Å². The topological polar surface area (TPSA) is 112 Å². The van der Waals surface area contributed by atoms with Gasteiger partial charge in [-0.15, -0.1) is 0 Å². The van der Waals surface area contributed by atoms with E-state index >= 15 is 0 Å². The number of piperazine rings is 1. The van der Waals surface area contributed by atoms with Crippen molar-refractivity contribution in [1.82, 2.24) is 24.6 Å². The van der Waals surface area contributed by atoms with Gasteiger partial charge in [0.2, 0.25) is 0 Å². The summed E-state index contributed by atoms with van der Waals surface area (Å²) < 4.78 is 48.8. The highest BCUT2D eigenvalue weighted by molar-refractivity contribution is 6.05. The molecule has 3 heterocycles. The Balaban J connectivity index is 1.38. The lowest BCUT2D eigenvalue weighted by Gasteiger charge is -2.41. The average Bonchev–Trinajstić information content (AvgIpc) is 3.40. The van der Waals surface area contributed by atoms with Crippen LogP contribution in [0.15, 0.2) is 54.9 Å². The van der Waals surface area contributed by atoms with E-state index in [1.807, 2.05) is 37.8 Å². The molecular formula is C32H38F3N9O2. The van der Waals surface area contributed by atoms with Crippen molar-refractivity contribution < 1.29 is 22.7 Å². The first kappa shape index (κ1) is 32.7. The maximum Gasteiger partial charge on any atom is 0.416 e. The number of carbonyl (C=O) groups is 1. The van der Waals surface area contributed by atoms with Crippen molar-refractivity contribution in [2.24, 2.45) is 0 Å². The van der Waals surface area contributed by atoms with Gasteiger partial charge in [0, 0.05) is 81.1 Å². The summed E-state index contributed by atoms with van der Waals surface area (Å²) in [6.07, 6.45) is -3.18. The van der Waals surface area contributed by atoms with Crippen molar-refractivity contribution in [2.75, 3.05) is 67.8 Å². The summed E-state index contributed by atoms with van der Waals surface area (Å²) in [6.45, 7) is 8.94. The summed E-state index contributed by atoms with van der Waals surface area (Å²) in [6, 6.07) is 12.4. The number of ether oxygens (including phenoxy) is 1. The molecule has 244 valence electrons. The molecule has 1 amide bonds. The molecule has 1 atom stereocenters. The minimum atomic E-state index is -4.62. The van der Waals surface area contributed by atoms with Gasteiger partial charge >= 0.3 is 6.18 Å². The normalized spacial score (nSPS) is 15.6. The third kappa shape index (κ3) is 7.57. The molecule has 4 aromatic rings. The van der Waals surface area contributed by atoms with Gasteiger partial charge in [-0.05, 0) is 56.7 Å². The summed E-state index contributed by atoms with van der Waals surface area (Å²) in [5, 5.41) is 13.7. The Kier molecular flexibility index (Phi) is 9.77. The molecule has 1 aliphatic heterocycles. The third-order valence-electron chi connectivity index (χ3n) is 7.88. The number of nitrogens with zero attached hydrogens (tertiary/aromatic N) is 6. The number of rotatable bonds is 10. The number of carbonyl (C=O) groups excluding carboxylic acids is 1. The number of amides is 1. The van der Waals surface area contributed by atoms with Crippen molar-refractivity contribution >= 4 is 34.6 Å². The van der Waals surface area contributed by atoms with E-state index in [9.17, 15) is 18.0 Å². The van der Waals surface area contributed by atoms with Gasteiger partial charge in [-0.3, -0.25) is 9.69 Å². The van der Waals surface area contributed by atoms with Crippen LogP contribution in [-0.4, -0.2) is 83.5 Å². The summed E-state index contributed by atoms with van der Waals surface area (Å²) in [4.78, 5) is 26.1. The van der Waals surface area contributed by atoms with Crippen LogP contribution in [0.4, 0.5) is 41.9 Å². The van der Waals surface area contributed by atoms with Gasteiger partial charge in [0.15, 0.2) is 5.82 Å². The van der Waals surface area contributed by atoms with E-state index in [-0.39, 0.29) is 11.6 Å². The molecular weight excluding hydrogens is 599 g/mol. The van der Waals surface area contributed by atoms with E-state index in [1.54, 1.807) is 37.0 Å². The van der Waals surface area contributed by atoms with Crippen molar-refractivity contribution in [3.63, 3.8) is 0 Å². The molecule has 5 rings (SSSR count). The van der Waals surface area contributed by atoms with E-state index in [4.69, 9.17) is 4.74 Å². The second-order valence-corrected chi connectivity index (χ2v) is 11.3. The third-order valence-corrected chi connectivity index (χ3v) is 7.88. The van der Waals surface area contributed by atoms with Gasteiger partial charge in [0.25, 0.3) is 5.91 Å². The van der Waals surface area contributed by atoms with Crippen molar-refractivity contribution in [1.29, 1.82) is 0 Å². The number of halogens is 3. The number of anilines is 5. The molecule has 11 nitrogen and oxygen atoms in total. The zero-order chi connectivity index (χ0) is 33.0. The highest BCUT2D eigenvalue weighted by Crippen LogP contribution is 2.35. The molecule has 0 saturated carbocycles. The van der Waals surface area contributed by atoms with E-state index in [1.165, 1.54) is 12.4 Å². The summed E-state index contributed by atoms with van der Waals surface area (Å²) in [5.41, 5.74) is 2.13. The number of hydrogen-bond acceptors (Lipinski definition) is 9. The van der Waals surface area contributed by atoms with E-state index in [0.29, 0.717) is 60.8 Å². The monoisotopic (exact) mass is 637 g/mol. The van der Waals surface area contributed by atoms with E-state index in [0.717, 1.165) is 29.9 Å². The van der Waals surface area contributed by atoms with Crippen LogP contribution in [0.25, 0.3) is 5.82 Å². The fourth-order valence-electron chi connectivity index (χ4n) is 5.45.